The quantitative estimate of drug-likeness (QED) is 0.269. The summed E-state index contributed by atoms with van der Waals surface area (Å²) >= 11 is 0. The molecule has 0 saturated heterocycles. The highest BCUT2D eigenvalue weighted by Crippen LogP contribution is 2.36. The van der Waals surface area contributed by atoms with Crippen LogP contribution in [0.4, 0.5) is 0 Å². The highest BCUT2D eigenvalue weighted by atomic mass is 15.0. The summed E-state index contributed by atoms with van der Waals surface area (Å²) in [5, 5.41) is 2.50. The minimum atomic E-state index is 0.406. The van der Waals surface area contributed by atoms with Gasteiger partial charge in [0.1, 0.15) is 0 Å². The third-order valence-electron chi connectivity index (χ3n) is 6.62. The van der Waals surface area contributed by atoms with Crippen LogP contribution in [-0.4, -0.2) is 9.55 Å². The summed E-state index contributed by atoms with van der Waals surface area (Å²) in [6.45, 7) is 4.46. The van der Waals surface area contributed by atoms with Gasteiger partial charge < -0.3 is 4.57 Å². The van der Waals surface area contributed by atoms with Gasteiger partial charge in [-0.3, -0.25) is 4.98 Å². The largest absolute Gasteiger partial charge is 0.309 e. The van der Waals surface area contributed by atoms with Crippen LogP contribution in [0.25, 0.3) is 49.9 Å². The van der Waals surface area contributed by atoms with Crippen molar-refractivity contribution in [2.75, 3.05) is 0 Å². The number of pyridine rings is 1. The van der Waals surface area contributed by atoms with Gasteiger partial charge in [-0.05, 0) is 59.0 Å². The fraction of sp³-hybridized carbons (Fsp3) is 0.0938. The topological polar surface area (TPSA) is 17.8 Å². The van der Waals surface area contributed by atoms with Crippen LogP contribution in [0.1, 0.15) is 25.3 Å². The maximum Gasteiger partial charge on any atom is 0.0708 e. The molecule has 0 bridgehead atoms. The normalized spacial score (nSPS) is 11.5. The van der Waals surface area contributed by atoms with Gasteiger partial charge in [0.2, 0.25) is 0 Å². The molecule has 0 radical (unpaired) electrons. The summed E-state index contributed by atoms with van der Waals surface area (Å²) in [4.78, 5) is 4.90. The molecule has 0 aliphatic heterocycles. The third kappa shape index (κ3) is 3.39. The monoisotopic (exact) mass is 438 g/mol. The number of fused-ring (bicyclic) bond motifs is 3. The molecule has 0 amide bonds. The number of nitrogens with zero attached hydrogens (tertiary/aromatic N) is 2. The van der Waals surface area contributed by atoms with Crippen molar-refractivity contribution in [1.29, 1.82) is 0 Å². The van der Waals surface area contributed by atoms with Crippen molar-refractivity contribution in [3.63, 3.8) is 0 Å². The van der Waals surface area contributed by atoms with Crippen LogP contribution >= 0.6 is 0 Å². The zero-order valence-corrected chi connectivity index (χ0v) is 19.4. The van der Waals surface area contributed by atoms with Crippen LogP contribution in [0.5, 0.6) is 0 Å². The smallest absolute Gasteiger partial charge is 0.0708 e. The Morgan fingerprint density at radius 1 is 0.618 bits per heavy atom. The molecule has 2 heteroatoms. The number of para-hydroxylation sites is 2. The molecule has 2 nitrogen and oxygen atoms in total. The molecule has 4 aromatic carbocycles. The van der Waals surface area contributed by atoms with E-state index < -0.39 is 0 Å². The van der Waals surface area contributed by atoms with Crippen LogP contribution in [0.2, 0.25) is 0 Å². The molecule has 0 spiro atoms. The molecule has 164 valence electrons. The third-order valence-corrected chi connectivity index (χ3v) is 6.62. The zero-order valence-electron chi connectivity index (χ0n) is 19.4. The minimum Gasteiger partial charge on any atom is -0.309 e. The fourth-order valence-corrected chi connectivity index (χ4v) is 4.94. The van der Waals surface area contributed by atoms with Crippen molar-refractivity contribution in [3.8, 4) is 28.1 Å². The molecule has 0 fully saturated rings. The van der Waals surface area contributed by atoms with Gasteiger partial charge >= 0.3 is 0 Å². The summed E-state index contributed by atoms with van der Waals surface area (Å²) in [5.41, 5.74) is 9.50. The Bertz CT molecular complexity index is 1610. The highest BCUT2D eigenvalue weighted by Gasteiger charge is 2.15. The Balaban J connectivity index is 1.57. The zero-order chi connectivity index (χ0) is 23.1. The Morgan fingerprint density at radius 2 is 1.29 bits per heavy atom. The first kappa shape index (κ1) is 20.4. The number of hydrogen-bond donors (Lipinski definition) is 0. The molecule has 0 aliphatic rings. The van der Waals surface area contributed by atoms with E-state index in [0.29, 0.717) is 5.92 Å². The predicted octanol–water partition coefficient (Wildman–Crippen LogP) is 8.64. The predicted molar refractivity (Wildman–Crippen MR) is 144 cm³/mol. The lowest BCUT2D eigenvalue weighted by Gasteiger charge is -2.14. The lowest BCUT2D eigenvalue weighted by molar-refractivity contribution is 0.861. The first-order valence-electron chi connectivity index (χ1n) is 11.8. The SMILES string of the molecule is CC(C)c1cnc(-c2ccc3c(c2)c2ccccc2n3-c2ccccc2)cc1-c1ccccc1. The Labute approximate surface area is 200 Å². The summed E-state index contributed by atoms with van der Waals surface area (Å²) < 4.78 is 2.35. The van der Waals surface area contributed by atoms with Crippen molar-refractivity contribution in [2.24, 2.45) is 0 Å². The first-order valence-corrected chi connectivity index (χ1v) is 11.8. The molecule has 2 aromatic heterocycles. The molecule has 0 aliphatic carbocycles. The van der Waals surface area contributed by atoms with Gasteiger partial charge in [0.25, 0.3) is 0 Å². The summed E-state index contributed by atoms with van der Waals surface area (Å²) in [5.74, 6) is 0.406. The van der Waals surface area contributed by atoms with Crippen molar-refractivity contribution >= 4 is 21.8 Å². The van der Waals surface area contributed by atoms with E-state index in [1.165, 1.54) is 44.2 Å². The maximum absolute atomic E-state index is 4.90. The average molecular weight is 439 g/mol. The van der Waals surface area contributed by atoms with Crippen LogP contribution in [0.15, 0.2) is 115 Å². The maximum atomic E-state index is 4.90. The first-order chi connectivity index (χ1) is 16.7. The second-order valence-corrected chi connectivity index (χ2v) is 9.10. The van der Waals surface area contributed by atoms with Crippen molar-refractivity contribution < 1.29 is 0 Å². The standard InChI is InChI=1S/C32H26N2/c1-22(2)29-21-33-30(20-27(29)23-11-5-3-6-12-23)24-17-18-32-28(19-24)26-15-9-10-16-31(26)34(32)25-13-7-4-8-14-25/h3-22H,1-2H3. The van der Waals surface area contributed by atoms with Gasteiger partial charge in [0.15, 0.2) is 0 Å². The Hall–Kier alpha value is -4.17. The Morgan fingerprint density at radius 3 is 2.06 bits per heavy atom. The fourth-order valence-electron chi connectivity index (χ4n) is 4.94. The molecule has 6 rings (SSSR count). The van der Waals surface area contributed by atoms with E-state index in [9.17, 15) is 0 Å². The van der Waals surface area contributed by atoms with Crippen molar-refractivity contribution in [1.82, 2.24) is 9.55 Å². The molecular weight excluding hydrogens is 412 g/mol. The lowest BCUT2D eigenvalue weighted by Crippen LogP contribution is -1.96. The molecule has 2 heterocycles. The molecule has 0 N–H and O–H groups in total. The van der Waals surface area contributed by atoms with E-state index >= 15 is 0 Å². The van der Waals surface area contributed by atoms with E-state index in [1.807, 2.05) is 0 Å². The van der Waals surface area contributed by atoms with Crippen molar-refractivity contribution in [2.45, 2.75) is 19.8 Å². The van der Waals surface area contributed by atoms with Gasteiger partial charge in [0, 0.05) is 28.2 Å². The van der Waals surface area contributed by atoms with Crippen LogP contribution in [-0.2, 0) is 0 Å². The summed E-state index contributed by atoms with van der Waals surface area (Å²) in [7, 11) is 0. The van der Waals surface area contributed by atoms with E-state index in [4.69, 9.17) is 4.98 Å². The second kappa shape index (κ2) is 8.31. The van der Waals surface area contributed by atoms with Gasteiger partial charge in [-0.2, -0.15) is 0 Å². The molecule has 6 aromatic rings. The van der Waals surface area contributed by atoms with E-state index in [2.05, 4.69) is 134 Å². The van der Waals surface area contributed by atoms with Gasteiger partial charge in [-0.1, -0.05) is 86.6 Å². The number of rotatable bonds is 4. The van der Waals surface area contributed by atoms with Crippen molar-refractivity contribution in [3.05, 3.63) is 121 Å². The molecule has 0 atom stereocenters. The summed E-state index contributed by atoms with van der Waals surface area (Å²) in [6.07, 6.45) is 2.06. The molecule has 0 saturated carbocycles. The molecule has 0 unspecified atom stereocenters. The number of aromatic nitrogens is 2. The van der Waals surface area contributed by atoms with Crippen LogP contribution in [0, 0.1) is 0 Å². The molecular formula is C32H26N2. The van der Waals surface area contributed by atoms with E-state index in [-0.39, 0.29) is 0 Å². The number of benzene rings is 4. The Kier molecular flexibility index (Phi) is 5.00. The van der Waals surface area contributed by atoms with Crippen LogP contribution < -0.4 is 0 Å². The average Bonchev–Trinajstić information content (AvgIpc) is 3.23. The van der Waals surface area contributed by atoms with E-state index in [1.54, 1.807) is 0 Å². The van der Waals surface area contributed by atoms with E-state index in [0.717, 1.165) is 11.3 Å². The van der Waals surface area contributed by atoms with Crippen LogP contribution in [0.3, 0.4) is 0 Å². The second-order valence-electron chi connectivity index (χ2n) is 9.10. The molecule has 34 heavy (non-hydrogen) atoms. The summed E-state index contributed by atoms with van der Waals surface area (Å²) in [6, 6.07) is 38.8. The minimum absolute atomic E-state index is 0.406. The highest BCUT2D eigenvalue weighted by molar-refractivity contribution is 6.10. The lowest BCUT2D eigenvalue weighted by atomic mass is 9.93. The number of hydrogen-bond acceptors (Lipinski definition) is 1. The van der Waals surface area contributed by atoms with Gasteiger partial charge in [-0.25, -0.2) is 0 Å². The van der Waals surface area contributed by atoms with Gasteiger partial charge in [-0.15, -0.1) is 0 Å². The van der Waals surface area contributed by atoms with Gasteiger partial charge in [0.05, 0.1) is 16.7 Å².